The van der Waals surface area contributed by atoms with E-state index in [4.69, 9.17) is 21.1 Å². The normalized spacial score (nSPS) is 9.90. The zero-order valence-corrected chi connectivity index (χ0v) is 17.1. The Balaban J connectivity index is 0.000000166. The predicted octanol–water partition coefficient (Wildman–Crippen LogP) is 7.62. The zero-order valence-electron chi connectivity index (χ0n) is 16.4. The predicted molar refractivity (Wildman–Crippen MR) is 118 cm³/mol. The molecule has 146 valence electrons. The van der Waals surface area contributed by atoms with Gasteiger partial charge in [0.1, 0.15) is 17.2 Å². The van der Waals surface area contributed by atoms with Gasteiger partial charge < -0.3 is 9.47 Å². The molecule has 0 amide bonds. The summed E-state index contributed by atoms with van der Waals surface area (Å²) in [5.74, 6) is 3.07. The summed E-state index contributed by atoms with van der Waals surface area (Å²) in [5.41, 5.74) is 2.44. The number of nitrogens with zero attached hydrogens (tertiary/aromatic N) is 1. The summed E-state index contributed by atoms with van der Waals surface area (Å²) >= 11 is 5.78. The van der Waals surface area contributed by atoms with E-state index in [-0.39, 0.29) is 0 Å². The van der Waals surface area contributed by atoms with Crippen LogP contribution in [0.5, 0.6) is 23.1 Å². The Morgan fingerprint density at radius 2 is 1.07 bits per heavy atom. The third-order valence-corrected chi connectivity index (χ3v) is 4.20. The van der Waals surface area contributed by atoms with Gasteiger partial charge >= 0.3 is 0 Å². The first-order valence-corrected chi connectivity index (χ1v) is 9.62. The zero-order chi connectivity index (χ0) is 20.5. The van der Waals surface area contributed by atoms with Crippen molar-refractivity contribution in [2.75, 3.05) is 0 Å². The lowest BCUT2D eigenvalue weighted by molar-refractivity contribution is 0.463. The van der Waals surface area contributed by atoms with Gasteiger partial charge in [0.2, 0.25) is 5.88 Å². The van der Waals surface area contributed by atoms with Crippen molar-refractivity contribution in [3.63, 3.8) is 0 Å². The number of hydrogen-bond donors (Lipinski definition) is 0. The van der Waals surface area contributed by atoms with Crippen LogP contribution < -0.4 is 9.47 Å². The average Bonchev–Trinajstić information content (AvgIpc) is 2.74. The number of halogens is 1. The fourth-order valence-corrected chi connectivity index (χ4v) is 2.51. The fourth-order valence-electron chi connectivity index (χ4n) is 2.38. The standard InChI is InChI=1S/C13H11ClO.C12H11NO/c1-10-2-6-12(7-3-10)15-13-8-4-11(14)5-9-13;1-10-5-7-11(8-6-10)14-12-4-2-3-9-13-12/h2-9H,1H3;2-9H,1H3. The molecule has 1 heterocycles. The van der Waals surface area contributed by atoms with E-state index in [0.717, 1.165) is 17.2 Å². The third kappa shape index (κ3) is 6.98. The van der Waals surface area contributed by atoms with Crippen LogP contribution in [-0.4, -0.2) is 4.98 Å². The minimum absolute atomic E-state index is 0.622. The summed E-state index contributed by atoms with van der Waals surface area (Å²) in [6.45, 7) is 4.09. The van der Waals surface area contributed by atoms with Gasteiger partial charge in [-0.2, -0.15) is 0 Å². The van der Waals surface area contributed by atoms with Gasteiger partial charge in [-0.3, -0.25) is 0 Å². The lowest BCUT2D eigenvalue weighted by Gasteiger charge is -2.05. The molecule has 4 rings (SSSR count). The molecule has 4 aromatic rings. The highest BCUT2D eigenvalue weighted by Gasteiger charge is 1.97. The number of pyridine rings is 1. The highest BCUT2D eigenvalue weighted by Crippen LogP contribution is 2.23. The molecule has 0 spiro atoms. The number of aromatic nitrogens is 1. The number of hydrogen-bond acceptors (Lipinski definition) is 3. The maximum Gasteiger partial charge on any atom is 0.219 e. The van der Waals surface area contributed by atoms with Crippen LogP contribution in [0.25, 0.3) is 0 Å². The highest BCUT2D eigenvalue weighted by atomic mass is 35.5. The molecule has 4 heteroatoms. The summed E-state index contributed by atoms with van der Waals surface area (Å²) in [6.07, 6.45) is 1.71. The summed E-state index contributed by atoms with van der Waals surface area (Å²) < 4.78 is 11.2. The van der Waals surface area contributed by atoms with Gasteiger partial charge in [0, 0.05) is 17.3 Å². The van der Waals surface area contributed by atoms with Crippen molar-refractivity contribution in [2.45, 2.75) is 13.8 Å². The molecule has 0 N–H and O–H groups in total. The van der Waals surface area contributed by atoms with E-state index in [1.807, 2.05) is 105 Å². The minimum atomic E-state index is 0.622. The van der Waals surface area contributed by atoms with Gasteiger partial charge in [-0.25, -0.2) is 4.98 Å². The number of rotatable bonds is 4. The van der Waals surface area contributed by atoms with Gasteiger partial charge in [-0.1, -0.05) is 53.1 Å². The van der Waals surface area contributed by atoms with E-state index in [2.05, 4.69) is 4.98 Å². The van der Waals surface area contributed by atoms with Gasteiger partial charge in [0.05, 0.1) is 0 Å². The molecule has 0 aliphatic heterocycles. The largest absolute Gasteiger partial charge is 0.457 e. The van der Waals surface area contributed by atoms with Crippen LogP contribution in [-0.2, 0) is 0 Å². The maximum absolute atomic E-state index is 5.78. The molecular formula is C25H22ClNO2. The topological polar surface area (TPSA) is 31.4 Å². The van der Waals surface area contributed by atoms with Crippen molar-refractivity contribution < 1.29 is 9.47 Å². The van der Waals surface area contributed by atoms with Crippen molar-refractivity contribution in [3.8, 4) is 23.1 Å². The van der Waals surface area contributed by atoms with Crippen molar-refractivity contribution in [2.24, 2.45) is 0 Å². The van der Waals surface area contributed by atoms with Crippen molar-refractivity contribution in [3.05, 3.63) is 113 Å². The summed E-state index contributed by atoms with van der Waals surface area (Å²) in [4.78, 5) is 4.07. The molecule has 0 aliphatic carbocycles. The Hall–Kier alpha value is -3.30. The lowest BCUT2D eigenvalue weighted by Crippen LogP contribution is -1.86. The van der Waals surface area contributed by atoms with E-state index < -0.39 is 0 Å². The first-order chi connectivity index (χ1) is 14.1. The van der Waals surface area contributed by atoms with Crippen LogP contribution in [0.2, 0.25) is 5.02 Å². The van der Waals surface area contributed by atoms with Crippen LogP contribution in [0.15, 0.2) is 97.2 Å². The number of aryl methyl sites for hydroxylation is 2. The van der Waals surface area contributed by atoms with Crippen molar-refractivity contribution in [1.29, 1.82) is 0 Å². The van der Waals surface area contributed by atoms with Gasteiger partial charge in [-0.05, 0) is 68.4 Å². The summed E-state index contributed by atoms with van der Waals surface area (Å²) in [5, 5.41) is 0.714. The molecule has 0 radical (unpaired) electrons. The Bertz CT molecular complexity index is 956. The lowest BCUT2D eigenvalue weighted by atomic mass is 10.2. The van der Waals surface area contributed by atoms with E-state index in [1.54, 1.807) is 6.20 Å². The fraction of sp³-hybridized carbons (Fsp3) is 0.0800. The van der Waals surface area contributed by atoms with E-state index in [1.165, 1.54) is 11.1 Å². The second kappa shape index (κ2) is 10.3. The van der Waals surface area contributed by atoms with Gasteiger partial charge in [0.15, 0.2) is 0 Å². The first-order valence-electron chi connectivity index (χ1n) is 9.24. The quantitative estimate of drug-likeness (QED) is 0.351. The Morgan fingerprint density at radius 3 is 1.55 bits per heavy atom. The molecule has 0 saturated carbocycles. The molecule has 1 aromatic heterocycles. The van der Waals surface area contributed by atoms with Crippen molar-refractivity contribution >= 4 is 11.6 Å². The smallest absolute Gasteiger partial charge is 0.219 e. The molecule has 3 aromatic carbocycles. The Kier molecular flexibility index (Phi) is 7.26. The molecule has 3 nitrogen and oxygen atoms in total. The summed E-state index contributed by atoms with van der Waals surface area (Å²) in [7, 11) is 0. The summed E-state index contributed by atoms with van der Waals surface area (Å²) in [6, 6.07) is 28.7. The Morgan fingerprint density at radius 1 is 0.586 bits per heavy atom. The SMILES string of the molecule is Cc1ccc(Oc2ccc(Cl)cc2)cc1.Cc1ccc(Oc2ccccn2)cc1. The minimum Gasteiger partial charge on any atom is -0.457 e. The highest BCUT2D eigenvalue weighted by molar-refractivity contribution is 6.30. The van der Waals surface area contributed by atoms with Gasteiger partial charge in [0.25, 0.3) is 0 Å². The molecule has 0 atom stereocenters. The second-order valence-corrected chi connectivity index (χ2v) is 6.89. The monoisotopic (exact) mass is 403 g/mol. The molecule has 0 bridgehead atoms. The second-order valence-electron chi connectivity index (χ2n) is 6.45. The third-order valence-electron chi connectivity index (χ3n) is 3.95. The van der Waals surface area contributed by atoms with E-state index >= 15 is 0 Å². The molecule has 0 aliphatic rings. The Labute approximate surface area is 176 Å². The molecular weight excluding hydrogens is 382 g/mol. The molecule has 0 fully saturated rings. The van der Waals surface area contributed by atoms with Gasteiger partial charge in [-0.15, -0.1) is 0 Å². The molecule has 29 heavy (non-hydrogen) atoms. The van der Waals surface area contributed by atoms with Crippen LogP contribution in [0, 0.1) is 13.8 Å². The molecule has 0 saturated heterocycles. The van der Waals surface area contributed by atoms with E-state index in [9.17, 15) is 0 Å². The van der Waals surface area contributed by atoms with Crippen molar-refractivity contribution in [1.82, 2.24) is 4.98 Å². The maximum atomic E-state index is 5.78. The van der Waals surface area contributed by atoms with Crippen LogP contribution in [0.3, 0.4) is 0 Å². The number of benzene rings is 3. The first kappa shape index (κ1) is 20.4. The molecule has 0 unspecified atom stereocenters. The van der Waals surface area contributed by atoms with Crippen LogP contribution in [0.4, 0.5) is 0 Å². The van der Waals surface area contributed by atoms with E-state index in [0.29, 0.717) is 10.9 Å². The number of ether oxygens (including phenoxy) is 2. The average molecular weight is 404 g/mol. The van der Waals surface area contributed by atoms with Crippen LogP contribution >= 0.6 is 11.6 Å². The van der Waals surface area contributed by atoms with Crippen LogP contribution in [0.1, 0.15) is 11.1 Å².